The van der Waals surface area contributed by atoms with E-state index in [4.69, 9.17) is 9.47 Å². The monoisotopic (exact) mass is 359 g/mol. The number of halogens is 1. The van der Waals surface area contributed by atoms with E-state index in [1.54, 1.807) is 31.3 Å². The highest BCUT2D eigenvalue weighted by Crippen LogP contribution is 2.22. The zero-order valence-corrected chi connectivity index (χ0v) is 14.9. The molecule has 0 aliphatic carbocycles. The molecule has 1 aromatic carbocycles. The van der Waals surface area contributed by atoms with Crippen LogP contribution < -0.4 is 15.0 Å². The van der Waals surface area contributed by atoms with Crippen LogP contribution in [-0.2, 0) is 4.74 Å². The summed E-state index contributed by atoms with van der Waals surface area (Å²) in [5, 5.41) is 2.86. The minimum atomic E-state index is -0.456. The van der Waals surface area contributed by atoms with Crippen molar-refractivity contribution in [2.24, 2.45) is 0 Å². The number of rotatable bonds is 5. The van der Waals surface area contributed by atoms with Crippen LogP contribution in [0.25, 0.3) is 0 Å². The van der Waals surface area contributed by atoms with Crippen LogP contribution in [0.5, 0.6) is 5.75 Å². The van der Waals surface area contributed by atoms with Crippen LogP contribution in [0, 0.1) is 5.82 Å². The molecule has 7 heteroatoms. The van der Waals surface area contributed by atoms with E-state index in [1.807, 2.05) is 6.07 Å². The molecule has 1 amide bonds. The lowest BCUT2D eigenvalue weighted by molar-refractivity contribution is 0.0939. The zero-order valence-electron chi connectivity index (χ0n) is 14.9. The first-order valence-electron chi connectivity index (χ1n) is 8.51. The summed E-state index contributed by atoms with van der Waals surface area (Å²) in [6.07, 6.45) is 1.56. The van der Waals surface area contributed by atoms with E-state index in [1.165, 1.54) is 13.2 Å². The van der Waals surface area contributed by atoms with Gasteiger partial charge in [0.15, 0.2) is 11.6 Å². The number of nitrogens with zero attached hydrogens (tertiary/aromatic N) is 2. The highest BCUT2D eigenvalue weighted by Gasteiger charge is 2.16. The average Bonchev–Trinajstić information content (AvgIpc) is 2.68. The molecular weight excluding hydrogens is 337 g/mol. The third-order valence-corrected chi connectivity index (χ3v) is 4.37. The smallest absolute Gasteiger partial charge is 0.253 e. The molecule has 0 unspecified atom stereocenters. The van der Waals surface area contributed by atoms with Crippen molar-refractivity contribution in [3.05, 3.63) is 53.5 Å². The normalized spacial score (nSPS) is 15.4. The highest BCUT2D eigenvalue weighted by atomic mass is 19.1. The predicted octanol–water partition coefficient (Wildman–Crippen LogP) is 2.56. The second kappa shape index (κ2) is 8.14. The third kappa shape index (κ3) is 4.11. The van der Waals surface area contributed by atoms with Gasteiger partial charge >= 0.3 is 0 Å². The van der Waals surface area contributed by atoms with Gasteiger partial charge in [0.2, 0.25) is 0 Å². The molecule has 0 spiro atoms. The van der Waals surface area contributed by atoms with Crippen molar-refractivity contribution in [3.8, 4) is 5.75 Å². The van der Waals surface area contributed by atoms with E-state index in [2.05, 4.69) is 15.2 Å². The SMILES string of the molecule is COc1ccc([C@H](C)NC(=O)c2ccc(N3CCOCC3)nc2)cc1F. The molecule has 1 saturated heterocycles. The maximum atomic E-state index is 13.8. The molecule has 6 nitrogen and oxygen atoms in total. The summed E-state index contributed by atoms with van der Waals surface area (Å²) in [4.78, 5) is 18.9. The number of carbonyl (C=O) groups excluding carboxylic acids is 1. The van der Waals surface area contributed by atoms with Crippen molar-refractivity contribution < 1.29 is 18.7 Å². The van der Waals surface area contributed by atoms with E-state index in [9.17, 15) is 9.18 Å². The average molecular weight is 359 g/mol. The van der Waals surface area contributed by atoms with E-state index >= 15 is 0 Å². The lowest BCUT2D eigenvalue weighted by atomic mass is 10.1. The molecule has 0 bridgehead atoms. The molecule has 1 atom stereocenters. The molecule has 1 N–H and O–H groups in total. The molecule has 2 aromatic rings. The van der Waals surface area contributed by atoms with Crippen molar-refractivity contribution in [2.45, 2.75) is 13.0 Å². The minimum absolute atomic E-state index is 0.176. The topological polar surface area (TPSA) is 63.7 Å². The summed E-state index contributed by atoms with van der Waals surface area (Å²) >= 11 is 0. The van der Waals surface area contributed by atoms with Crippen LogP contribution in [0.15, 0.2) is 36.5 Å². The fourth-order valence-electron chi connectivity index (χ4n) is 2.82. The molecule has 2 heterocycles. The number of morpholine rings is 1. The van der Waals surface area contributed by atoms with Crippen LogP contribution in [0.2, 0.25) is 0 Å². The number of aromatic nitrogens is 1. The minimum Gasteiger partial charge on any atom is -0.494 e. The highest BCUT2D eigenvalue weighted by molar-refractivity contribution is 5.94. The summed E-state index contributed by atoms with van der Waals surface area (Å²) < 4.78 is 24.1. The molecule has 3 rings (SSSR count). The van der Waals surface area contributed by atoms with Gasteiger partial charge in [0.05, 0.1) is 31.9 Å². The number of methoxy groups -OCH3 is 1. The van der Waals surface area contributed by atoms with Crippen molar-refractivity contribution >= 4 is 11.7 Å². The number of pyridine rings is 1. The van der Waals surface area contributed by atoms with Crippen LogP contribution in [0.3, 0.4) is 0 Å². The van der Waals surface area contributed by atoms with Crippen LogP contribution in [0.4, 0.5) is 10.2 Å². The Labute approximate surface area is 151 Å². The van der Waals surface area contributed by atoms with E-state index in [-0.39, 0.29) is 17.7 Å². The first kappa shape index (κ1) is 18.1. The number of amides is 1. The predicted molar refractivity (Wildman–Crippen MR) is 96.1 cm³/mol. The maximum absolute atomic E-state index is 13.8. The van der Waals surface area contributed by atoms with Crippen LogP contribution >= 0.6 is 0 Å². The third-order valence-electron chi connectivity index (χ3n) is 4.37. The molecule has 138 valence electrons. The summed E-state index contributed by atoms with van der Waals surface area (Å²) in [5.74, 6) is 0.294. The Hall–Kier alpha value is -2.67. The second-order valence-corrected chi connectivity index (χ2v) is 6.09. The number of hydrogen-bond acceptors (Lipinski definition) is 5. The molecule has 0 radical (unpaired) electrons. The Morgan fingerprint density at radius 1 is 1.31 bits per heavy atom. The Balaban J connectivity index is 1.64. The molecule has 1 fully saturated rings. The molecule has 0 saturated carbocycles. The van der Waals surface area contributed by atoms with Gasteiger partial charge in [0.1, 0.15) is 5.82 Å². The summed E-state index contributed by atoms with van der Waals surface area (Å²) in [7, 11) is 1.41. The van der Waals surface area contributed by atoms with Crippen LogP contribution in [-0.4, -0.2) is 44.3 Å². The lowest BCUT2D eigenvalue weighted by Gasteiger charge is -2.27. The van der Waals surface area contributed by atoms with Gasteiger partial charge in [-0.2, -0.15) is 0 Å². The van der Waals surface area contributed by atoms with Gasteiger partial charge in [-0.3, -0.25) is 4.79 Å². The van der Waals surface area contributed by atoms with Crippen molar-refractivity contribution in [1.29, 1.82) is 0 Å². The van der Waals surface area contributed by atoms with Crippen molar-refractivity contribution in [2.75, 3.05) is 38.3 Å². The maximum Gasteiger partial charge on any atom is 0.253 e. The molecular formula is C19H22FN3O3. The number of ether oxygens (including phenoxy) is 2. The Morgan fingerprint density at radius 3 is 2.69 bits per heavy atom. The number of hydrogen-bond donors (Lipinski definition) is 1. The number of benzene rings is 1. The van der Waals surface area contributed by atoms with Crippen LogP contribution in [0.1, 0.15) is 28.9 Å². The molecule has 1 aliphatic heterocycles. The second-order valence-electron chi connectivity index (χ2n) is 6.09. The van der Waals surface area contributed by atoms with Crippen molar-refractivity contribution in [1.82, 2.24) is 10.3 Å². The van der Waals surface area contributed by atoms with Gasteiger partial charge < -0.3 is 19.7 Å². The summed E-state index contributed by atoms with van der Waals surface area (Å²) in [5.41, 5.74) is 1.12. The molecule has 26 heavy (non-hydrogen) atoms. The summed E-state index contributed by atoms with van der Waals surface area (Å²) in [6.45, 7) is 4.74. The quantitative estimate of drug-likeness (QED) is 0.889. The first-order valence-corrected chi connectivity index (χ1v) is 8.51. The fraction of sp³-hybridized carbons (Fsp3) is 0.368. The van der Waals surface area contributed by atoms with Gasteiger partial charge in [0, 0.05) is 19.3 Å². The Kier molecular flexibility index (Phi) is 5.68. The van der Waals surface area contributed by atoms with Gasteiger partial charge in [-0.25, -0.2) is 9.37 Å². The van der Waals surface area contributed by atoms with E-state index < -0.39 is 5.82 Å². The van der Waals surface area contributed by atoms with Crippen molar-refractivity contribution in [3.63, 3.8) is 0 Å². The summed E-state index contributed by atoms with van der Waals surface area (Å²) in [6, 6.07) is 7.87. The van der Waals surface area contributed by atoms with Gasteiger partial charge in [0.25, 0.3) is 5.91 Å². The fourth-order valence-corrected chi connectivity index (χ4v) is 2.82. The lowest BCUT2D eigenvalue weighted by Crippen LogP contribution is -2.36. The van der Waals surface area contributed by atoms with E-state index in [0.29, 0.717) is 24.3 Å². The van der Waals surface area contributed by atoms with Gasteiger partial charge in [-0.1, -0.05) is 6.07 Å². The molecule has 1 aliphatic rings. The number of anilines is 1. The Morgan fingerprint density at radius 2 is 2.08 bits per heavy atom. The molecule has 1 aromatic heterocycles. The standard InChI is InChI=1S/C19H22FN3O3/c1-13(14-3-5-17(25-2)16(20)11-14)22-19(24)15-4-6-18(21-12-15)23-7-9-26-10-8-23/h3-6,11-13H,7-10H2,1-2H3,(H,22,24)/t13-/m0/s1. The first-order chi connectivity index (χ1) is 12.6. The van der Waals surface area contributed by atoms with Gasteiger partial charge in [-0.05, 0) is 36.8 Å². The number of nitrogens with one attached hydrogen (secondary N) is 1. The largest absolute Gasteiger partial charge is 0.494 e. The number of carbonyl (C=O) groups is 1. The van der Waals surface area contributed by atoms with Gasteiger partial charge in [-0.15, -0.1) is 0 Å². The Bertz CT molecular complexity index is 761. The van der Waals surface area contributed by atoms with E-state index in [0.717, 1.165) is 18.9 Å². The zero-order chi connectivity index (χ0) is 18.5.